The zero-order chi connectivity index (χ0) is 16.4. The average Bonchev–Trinajstić information content (AvgIpc) is 2.55. The molecule has 1 aromatic carbocycles. The van der Waals surface area contributed by atoms with Gasteiger partial charge >= 0.3 is 0 Å². The van der Waals surface area contributed by atoms with E-state index in [1.54, 1.807) is 6.92 Å². The van der Waals surface area contributed by atoms with Crippen molar-refractivity contribution in [3.63, 3.8) is 0 Å². The largest absolute Gasteiger partial charge is 0.371 e. The van der Waals surface area contributed by atoms with Crippen LogP contribution in [0.5, 0.6) is 0 Å². The van der Waals surface area contributed by atoms with Crippen molar-refractivity contribution in [1.29, 1.82) is 0 Å². The van der Waals surface area contributed by atoms with Gasteiger partial charge in [-0.05, 0) is 43.1 Å². The highest BCUT2D eigenvalue weighted by molar-refractivity contribution is 5.73. The van der Waals surface area contributed by atoms with Crippen molar-refractivity contribution < 1.29 is 9.53 Å². The molecule has 2 aliphatic heterocycles. The molecule has 2 fully saturated rings. The predicted octanol–water partition coefficient (Wildman–Crippen LogP) is 3.99. The minimum atomic E-state index is -0.0420. The standard InChI is InChI=1S/C20H29NO2/c1-15(2)19-13-18(17-7-5-4-6-8-17)14-20(23-19)9-11-21(12-10-20)16(3)22/h4-8,15,18-19H,9-14H2,1-3H3/t18-,19-/m1/s1. The third kappa shape index (κ3) is 3.60. The van der Waals surface area contributed by atoms with Crippen molar-refractivity contribution in [2.24, 2.45) is 5.92 Å². The molecule has 0 saturated carbocycles. The highest BCUT2D eigenvalue weighted by atomic mass is 16.5. The molecule has 126 valence electrons. The molecule has 1 aromatic rings. The van der Waals surface area contributed by atoms with E-state index in [2.05, 4.69) is 44.2 Å². The van der Waals surface area contributed by atoms with Crippen LogP contribution in [0.25, 0.3) is 0 Å². The van der Waals surface area contributed by atoms with E-state index in [0.717, 1.165) is 38.8 Å². The van der Waals surface area contributed by atoms with Crippen LogP contribution in [0.1, 0.15) is 57.9 Å². The number of carbonyl (C=O) groups is 1. The van der Waals surface area contributed by atoms with Gasteiger partial charge in [-0.1, -0.05) is 44.2 Å². The Bertz CT molecular complexity index is 532. The van der Waals surface area contributed by atoms with Crippen LogP contribution in [0.15, 0.2) is 30.3 Å². The second kappa shape index (κ2) is 6.64. The first-order valence-corrected chi connectivity index (χ1v) is 8.97. The molecule has 1 amide bonds. The minimum Gasteiger partial charge on any atom is -0.371 e. The Morgan fingerprint density at radius 1 is 1.22 bits per heavy atom. The SMILES string of the molecule is CC(=O)N1CCC2(CC1)C[C@H](c1ccccc1)C[C@H](C(C)C)O2. The Labute approximate surface area is 140 Å². The molecular weight excluding hydrogens is 286 g/mol. The van der Waals surface area contributed by atoms with Crippen LogP contribution in [0.2, 0.25) is 0 Å². The lowest BCUT2D eigenvalue weighted by Gasteiger charge is -2.50. The van der Waals surface area contributed by atoms with Crippen molar-refractivity contribution in [3.8, 4) is 0 Å². The molecule has 0 bridgehead atoms. The van der Waals surface area contributed by atoms with Gasteiger partial charge in [0.05, 0.1) is 11.7 Å². The Hall–Kier alpha value is -1.35. The lowest BCUT2D eigenvalue weighted by atomic mass is 9.74. The first-order chi connectivity index (χ1) is 11.0. The van der Waals surface area contributed by atoms with Gasteiger partial charge in [0, 0.05) is 20.0 Å². The Morgan fingerprint density at radius 3 is 2.43 bits per heavy atom. The summed E-state index contributed by atoms with van der Waals surface area (Å²) < 4.78 is 6.62. The maximum atomic E-state index is 11.6. The first-order valence-electron chi connectivity index (χ1n) is 8.97. The van der Waals surface area contributed by atoms with Gasteiger partial charge in [0.25, 0.3) is 0 Å². The molecule has 3 nitrogen and oxygen atoms in total. The molecule has 0 aromatic heterocycles. The number of ether oxygens (including phenoxy) is 1. The van der Waals surface area contributed by atoms with Crippen LogP contribution in [-0.4, -0.2) is 35.6 Å². The number of hydrogen-bond donors (Lipinski definition) is 0. The Morgan fingerprint density at radius 2 is 1.87 bits per heavy atom. The fourth-order valence-electron chi connectivity index (χ4n) is 4.17. The van der Waals surface area contributed by atoms with E-state index in [1.165, 1.54) is 5.56 Å². The zero-order valence-corrected chi connectivity index (χ0v) is 14.6. The maximum Gasteiger partial charge on any atom is 0.219 e. The van der Waals surface area contributed by atoms with Gasteiger partial charge in [-0.3, -0.25) is 4.79 Å². The molecule has 1 spiro atoms. The predicted molar refractivity (Wildman–Crippen MR) is 92.3 cm³/mol. The van der Waals surface area contributed by atoms with Crippen LogP contribution >= 0.6 is 0 Å². The third-order valence-electron chi connectivity index (χ3n) is 5.67. The summed E-state index contributed by atoms with van der Waals surface area (Å²) in [6, 6.07) is 10.9. The highest BCUT2D eigenvalue weighted by Crippen LogP contribution is 2.45. The molecule has 2 aliphatic rings. The highest BCUT2D eigenvalue weighted by Gasteiger charge is 2.44. The fourth-order valence-corrected chi connectivity index (χ4v) is 4.17. The second-order valence-electron chi connectivity index (χ2n) is 7.64. The topological polar surface area (TPSA) is 29.5 Å². The van der Waals surface area contributed by atoms with E-state index in [0.29, 0.717) is 17.9 Å². The molecule has 23 heavy (non-hydrogen) atoms. The van der Waals surface area contributed by atoms with Crippen LogP contribution in [0.4, 0.5) is 0 Å². The molecular formula is C20H29NO2. The van der Waals surface area contributed by atoms with Crippen molar-refractivity contribution in [1.82, 2.24) is 4.90 Å². The summed E-state index contributed by atoms with van der Waals surface area (Å²) in [4.78, 5) is 13.6. The van der Waals surface area contributed by atoms with Gasteiger partial charge in [0.15, 0.2) is 0 Å². The maximum absolute atomic E-state index is 11.6. The molecule has 3 rings (SSSR count). The average molecular weight is 315 g/mol. The molecule has 2 saturated heterocycles. The van der Waals surface area contributed by atoms with Gasteiger partial charge in [-0.25, -0.2) is 0 Å². The molecule has 3 heteroatoms. The second-order valence-corrected chi connectivity index (χ2v) is 7.64. The van der Waals surface area contributed by atoms with Crippen LogP contribution in [0, 0.1) is 5.92 Å². The van der Waals surface area contributed by atoms with Gasteiger partial charge < -0.3 is 9.64 Å². The van der Waals surface area contributed by atoms with E-state index < -0.39 is 0 Å². The quantitative estimate of drug-likeness (QED) is 0.826. The van der Waals surface area contributed by atoms with Gasteiger partial charge in [0.1, 0.15) is 0 Å². The summed E-state index contributed by atoms with van der Waals surface area (Å²) in [6.07, 6.45) is 4.46. The Kier molecular flexibility index (Phi) is 4.77. The molecule has 0 unspecified atom stereocenters. The minimum absolute atomic E-state index is 0.0420. The van der Waals surface area contributed by atoms with Gasteiger partial charge in [-0.2, -0.15) is 0 Å². The smallest absolute Gasteiger partial charge is 0.219 e. The van der Waals surface area contributed by atoms with E-state index in [9.17, 15) is 4.79 Å². The lowest BCUT2D eigenvalue weighted by Crippen LogP contribution is -2.52. The van der Waals surface area contributed by atoms with Crippen molar-refractivity contribution in [2.45, 2.75) is 64.1 Å². The molecule has 0 radical (unpaired) electrons. The number of amides is 1. The summed E-state index contributed by atoms with van der Waals surface area (Å²) in [5.74, 6) is 1.29. The van der Waals surface area contributed by atoms with Crippen molar-refractivity contribution in [2.75, 3.05) is 13.1 Å². The number of likely N-dealkylation sites (tertiary alicyclic amines) is 1. The van der Waals surface area contributed by atoms with E-state index in [-0.39, 0.29) is 11.5 Å². The summed E-state index contributed by atoms with van der Waals surface area (Å²) in [7, 11) is 0. The summed E-state index contributed by atoms with van der Waals surface area (Å²) in [6.45, 7) is 7.86. The summed E-state index contributed by atoms with van der Waals surface area (Å²) in [5.41, 5.74) is 1.40. The molecule has 2 heterocycles. The van der Waals surface area contributed by atoms with E-state index in [4.69, 9.17) is 4.74 Å². The number of carbonyl (C=O) groups excluding carboxylic acids is 1. The van der Waals surface area contributed by atoms with Crippen molar-refractivity contribution in [3.05, 3.63) is 35.9 Å². The normalized spacial score (nSPS) is 27.4. The number of rotatable bonds is 2. The summed E-state index contributed by atoms with van der Waals surface area (Å²) >= 11 is 0. The first kappa shape index (κ1) is 16.5. The molecule has 0 N–H and O–H groups in total. The van der Waals surface area contributed by atoms with Gasteiger partial charge in [0.2, 0.25) is 5.91 Å². The van der Waals surface area contributed by atoms with Crippen molar-refractivity contribution >= 4 is 5.91 Å². The van der Waals surface area contributed by atoms with Crippen LogP contribution in [0.3, 0.4) is 0 Å². The number of benzene rings is 1. The zero-order valence-electron chi connectivity index (χ0n) is 14.6. The lowest BCUT2D eigenvalue weighted by molar-refractivity contribution is -0.174. The summed E-state index contributed by atoms with van der Waals surface area (Å²) in [5, 5.41) is 0. The molecule has 0 aliphatic carbocycles. The van der Waals surface area contributed by atoms with Crippen LogP contribution in [-0.2, 0) is 9.53 Å². The fraction of sp³-hybridized carbons (Fsp3) is 0.650. The third-order valence-corrected chi connectivity index (χ3v) is 5.67. The molecule has 2 atom stereocenters. The monoisotopic (exact) mass is 315 g/mol. The van der Waals surface area contributed by atoms with E-state index >= 15 is 0 Å². The Balaban J connectivity index is 1.79. The number of piperidine rings is 1. The number of nitrogens with zero attached hydrogens (tertiary/aromatic N) is 1. The van der Waals surface area contributed by atoms with E-state index in [1.807, 2.05) is 4.90 Å². The van der Waals surface area contributed by atoms with Crippen LogP contribution < -0.4 is 0 Å². The van der Waals surface area contributed by atoms with Gasteiger partial charge in [-0.15, -0.1) is 0 Å². The number of hydrogen-bond acceptors (Lipinski definition) is 2.